The minimum atomic E-state index is -0.658. The zero-order chi connectivity index (χ0) is 43.7. The second kappa shape index (κ2) is 20.2. The predicted molar refractivity (Wildman–Crippen MR) is 235 cm³/mol. The van der Waals surface area contributed by atoms with Crippen molar-refractivity contribution in [2.45, 2.75) is 171 Å². The number of carbonyl (C=O) groups excluding carboxylic acids is 2. The molecule has 2 N–H and O–H groups in total. The van der Waals surface area contributed by atoms with Crippen molar-refractivity contribution in [3.63, 3.8) is 0 Å². The Bertz CT molecular complexity index is 1860. The number of hydrogen-bond donors (Lipinski definition) is 2. The number of cyclic esters (lactones) is 1. The number of esters is 1. The molecule has 1 aromatic heterocycles. The number of aromatic nitrogens is 1. The maximum Gasteiger partial charge on any atom is 0.306 e. The lowest BCUT2D eigenvalue weighted by Crippen LogP contribution is -2.59. The van der Waals surface area contributed by atoms with Crippen LogP contribution in [0, 0.1) is 23.7 Å². The number of anilines is 1. The summed E-state index contributed by atoms with van der Waals surface area (Å²) >= 11 is 1.70. The number of rotatable bonds is 12. The van der Waals surface area contributed by atoms with Crippen molar-refractivity contribution >= 4 is 28.2 Å². The number of likely N-dealkylation sites (N-methyl/N-ethyl adjacent to an activating group) is 1. The molecule has 0 amide bonds. The molecule has 0 bridgehead atoms. The summed E-state index contributed by atoms with van der Waals surface area (Å²) in [5, 5.41) is 7.82. The fourth-order valence-corrected chi connectivity index (χ4v) is 12.8. The molecular weight excluding hydrogens is 811 g/mol. The second-order valence-electron chi connectivity index (χ2n) is 18.5. The van der Waals surface area contributed by atoms with E-state index in [9.17, 15) is 4.79 Å². The number of ether oxygens (including phenoxy) is 8. The highest BCUT2D eigenvalue weighted by molar-refractivity contribution is 7.15. The quantitative estimate of drug-likeness (QED) is 0.206. The Morgan fingerprint density at radius 1 is 0.871 bits per heavy atom. The van der Waals surface area contributed by atoms with Crippen molar-refractivity contribution in [1.29, 1.82) is 0 Å². The summed E-state index contributed by atoms with van der Waals surface area (Å²) in [6.07, 6.45) is 5.24. The van der Waals surface area contributed by atoms with E-state index in [1.807, 2.05) is 39.1 Å². The van der Waals surface area contributed by atoms with Gasteiger partial charge < -0.3 is 48.5 Å². The molecule has 8 rings (SSSR count). The predicted octanol–water partition coefficient (Wildman–Crippen LogP) is 7.29. The van der Waals surface area contributed by atoms with Crippen LogP contribution in [-0.4, -0.2) is 113 Å². The Hall–Kier alpha value is -2.79. The van der Waals surface area contributed by atoms with Gasteiger partial charge in [-0.2, -0.15) is 0 Å². The molecule has 62 heavy (non-hydrogen) atoms. The van der Waals surface area contributed by atoms with Crippen LogP contribution in [0.2, 0.25) is 0 Å². The van der Waals surface area contributed by atoms with E-state index in [0.29, 0.717) is 25.0 Å². The van der Waals surface area contributed by atoms with Crippen LogP contribution in [0.4, 0.5) is 5.13 Å². The summed E-state index contributed by atoms with van der Waals surface area (Å²) in [6.45, 7) is 8.77. The van der Waals surface area contributed by atoms with Gasteiger partial charge in [0.05, 0.1) is 36.5 Å². The number of Topliss-reactive ketones (excluding diaryl/α,β-unsaturated/α-hetero) is 1. The highest BCUT2D eigenvalue weighted by Gasteiger charge is 2.57. The maximum absolute atomic E-state index is 15.2. The summed E-state index contributed by atoms with van der Waals surface area (Å²) in [6, 6.07) is 10.6. The van der Waals surface area contributed by atoms with E-state index in [1.165, 1.54) is 4.88 Å². The summed E-state index contributed by atoms with van der Waals surface area (Å²) in [5.41, 5.74) is 2.85. The topological polar surface area (TPSA) is 145 Å². The molecule has 3 aliphatic carbocycles. The first kappa shape index (κ1) is 45.8. The van der Waals surface area contributed by atoms with Crippen molar-refractivity contribution in [2.24, 2.45) is 23.7 Å². The third kappa shape index (κ3) is 9.33. The van der Waals surface area contributed by atoms with Gasteiger partial charge in [-0.15, -0.1) is 11.3 Å². The van der Waals surface area contributed by atoms with Crippen LogP contribution in [0.3, 0.4) is 0 Å². The number of hydrogen-bond acceptors (Lipinski definition) is 14. The van der Waals surface area contributed by atoms with Gasteiger partial charge in [0, 0.05) is 62.5 Å². The molecule has 4 heterocycles. The number of thiazole rings is 1. The van der Waals surface area contributed by atoms with Crippen molar-refractivity contribution in [1.82, 2.24) is 10.3 Å². The fraction of sp³-hybridized carbons (Fsp3) is 0.729. The van der Waals surface area contributed by atoms with E-state index in [4.69, 9.17) is 42.9 Å². The van der Waals surface area contributed by atoms with Crippen molar-refractivity contribution in [2.75, 3.05) is 33.7 Å². The van der Waals surface area contributed by atoms with Gasteiger partial charge in [-0.3, -0.25) is 9.59 Å². The maximum atomic E-state index is 15.2. The zero-order valence-corrected chi connectivity index (χ0v) is 38.6. The molecule has 2 aromatic rings. The second-order valence-corrected chi connectivity index (χ2v) is 19.5. The molecule has 0 spiro atoms. The van der Waals surface area contributed by atoms with Gasteiger partial charge in [0.15, 0.2) is 23.5 Å². The fourth-order valence-electron chi connectivity index (χ4n) is 11.6. The molecule has 17 atom stereocenters. The summed E-state index contributed by atoms with van der Waals surface area (Å²) in [7, 11) is 6.95. The van der Waals surface area contributed by atoms with Gasteiger partial charge in [0.25, 0.3) is 0 Å². The van der Waals surface area contributed by atoms with Crippen LogP contribution < -0.4 is 10.6 Å². The minimum Gasteiger partial charge on any atom is -0.462 e. The zero-order valence-electron chi connectivity index (χ0n) is 37.8. The first-order valence-corrected chi connectivity index (χ1v) is 24.0. The van der Waals surface area contributed by atoms with Gasteiger partial charge in [-0.05, 0) is 95.2 Å². The molecule has 4 fully saturated rings. The number of carbonyl (C=O) groups is 2. The van der Waals surface area contributed by atoms with Crippen LogP contribution in [0.1, 0.15) is 113 Å². The van der Waals surface area contributed by atoms with E-state index in [1.54, 1.807) is 32.7 Å². The Kier molecular flexibility index (Phi) is 14.9. The summed E-state index contributed by atoms with van der Waals surface area (Å²) < 4.78 is 50.4. The first-order valence-electron chi connectivity index (χ1n) is 23.2. The number of benzene rings is 1. The van der Waals surface area contributed by atoms with Crippen LogP contribution in [0.5, 0.6) is 0 Å². The number of fused-ring (bicyclic) bond motifs is 8. The molecule has 13 nitrogen and oxygen atoms in total. The lowest BCUT2D eigenvalue weighted by Gasteiger charge is -2.44. The van der Waals surface area contributed by atoms with Crippen molar-refractivity contribution < 1.29 is 47.5 Å². The van der Waals surface area contributed by atoms with Crippen LogP contribution >= 0.6 is 11.3 Å². The summed E-state index contributed by atoms with van der Waals surface area (Å²) in [5.74, 6) is -0.957. The molecule has 6 unspecified atom stereocenters. The van der Waals surface area contributed by atoms with E-state index < -0.39 is 18.3 Å². The lowest BCUT2D eigenvalue weighted by atomic mass is 9.67. The van der Waals surface area contributed by atoms with Gasteiger partial charge >= 0.3 is 5.97 Å². The molecule has 3 saturated heterocycles. The van der Waals surface area contributed by atoms with E-state index in [2.05, 4.69) is 42.7 Å². The number of ketones is 1. The number of nitrogens with zero attached hydrogens (tertiary/aromatic N) is 1. The first-order chi connectivity index (χ1) is 30.0. The number of methoxy groups -OCH3 is 3. The Balaban J connectivity index is 1.12. The Morgan fingerprint density at radius 3 is 2.35 bits per heavy atom. The molecule has 6 aliphatic rings. The standard InChI is InChI=1S/C48H69N3O10S/c1-9-29-16-13-17-37(61-39-19-18-36(49-5)26(3)57-39)25(2)42(53)34-22-32-31-20-30(60-47-45(56-8)44(55-7)43(54-6)27(4)58-47)21-35(31)46-41(40(32)33(34)23-38(52)59-29)51-48(62-46)50-24-28-14-11-10-12-15-28/h10-12,14-15,22,25-27,29-33,35-37,39-40,43-45,47,49H,9,13,16-21,23-24H2,1-8H3,(H,50,51)/t25-,26?,27?,29+,30+,31+,32+,33-,35?,36+,37+,39+,40?,43+,44?,45?,47+/m1/s1. The third-order valence-corrected chi connectivity index (χ3v) is 16.1. The smallest absolute Gasteiger partial charge is 0.306 e. The van der Waals surface area contributed by atoms with Crippen LogP contribution in [-0.2, 0) is 54.0 Å². The Labute approximate surface area is 371 Å². The van der Waals surface area contributed by atoms with E-state index >= 15 is 4.79 Å². The highest BCUT2D eigenvalue weighted by Crippen LogP contribution is 2.63. The number of nitrogens with one attached hydrogen (secondary N) is 2. The average molecular weight is 880 g/mol. The SMILES string of the molecule is CC[C@H]1CCC[C@H](O[C@H]2CC[C@H](NC)C(C)O2)[C@@H](C)C(=O)C2=C[C@@H]3C(c4nc(NCc5ccccc5)sc4C4C[C@@H](O[C@@H]5OC(C)[C@H](OC)C(OC)C5OC)C[C@H]43)[C@@H]2CC(=O)O1. The van der Waals surface area contributed by atoms with Gasteiger partial charge in [0.2, 0.25) is 0 Å². The van der Waals surface area contributed by atoms with Crippen LogP contribution in [0.25, 0.3) is 0 Å². The highest BCUT2D eigenvalue weighted by atomic mass is 32.1. The molecule has 342 valence electrons. The van der Waals surface area contributed by atoms with Gasteiger partial charge in [0.1, 0.15) is 24.4 Å². The number of allylic oxidation sites excluding steroid dienone is 2. The minimum absolute atomic E-state index is 0.00591. The largest absolute Gasteiger partial charge is 0.462 e. The Morgan fingerprint density at radius 2 is 1.65 bits per heavy atom. The van der Waals surface area contributed by atoms with Crippen molar-refractivity contribution in [3.05, 3.63) is 58.1 Å². The molecule has 14 heteroatoms. The third-order valence-electron chi connectivity index (χ3n) is 14.9. The normalized spacial score (nSPS) is 39.9. The van der Waals surface area contributed by atoms with Crippen molar-refractivity contribution in [3.8, 4) is 0 Å². The molecular formula is C48H69N3O10S. The average Bonchev–Trinajstić information content (AvgIpc) is 3.99. The monoisotopic (exact) mass is 879 g/mol. The van der Waals surface area contributed by atoms with E-state index in [-0.39, 0.29) is 103 Å². The lowest BCUT2D eigenvalue weighted by molar-refractivity contribution is -0.314. The summed E-state index contributed by atoms with van der Waals surface area (Å²) in [4.78, 5) is 35.8. The molecule has 3 aliphatic heterocycles. The molecule has 1 aromatic carbocycles. The van der Waals surface area contributed by atoms with Gasteiger partial charge in [-0.25, -0.2) is 4.98 Å². The van der Waals surface area contributed by atoms with Gasteiger partial charge in [-0.1, -0.05) is 50.3 Å². The van der Waals surface area contributed by atoms with Crippen LogP contribution in [0.15, 0.2) is 42.0 Å². The molecule has 1 saturated carbocycles. The van der Waals surface area contributed by atoms with E-state index in [0.717, 1.165) is 54.9 Å². The molecule has 0 radical (unpaired) electrons.